The van der Waals surface area contributed by atoms with Gasteiger partial charge in [0, 0.05) is 32.6 Å². The van der Waals surface area contributed by atoms with E-state index in [-0.39, 0.29) is 0 Å². The van der Waals surface area contributed by atoms with E-state index in [2.05, 4.69) is 53.5 Å². The summed E-state index contributed by atoms with van der Waals surface area (Å²) in [4.78, 5) is 3.68. The second-order valence-electron chi connectivity index (χ2n) is 8.83. The Morgan fingerprint density at radius 2 is 0.944 bits per heavy atom. The van der Waals surface area contributed by atoms with E-state index >= 15 is 0 Å². The maximum atomic E-state index is 13.2. The minimum absolute atomic E-state index is 0.301. The zero-order valence-electron chi connectivity index (χ0n) is 19.7. The maximum absolute atomic E-state index is 13.2. The first-order valence-electron chi connectivity index (χ1n) is 11.8. The second-order valence-corrected chi connectivity index (χ2v) is 10.6. The van der Waals surface area contributed by atoms with Crippen molar-refractivity contribution < 1.29 is 8.42 Å². The quantitative estimate of drug-likeness (QED) is 0.272. The van der Waals surface area contributed by atoms with Gasteiger partial charge in [0.05, 0.1) is 15.9 Å². The molecule has 0 amide bonds. The number of hydrogen-bond donors (Lipinski definition) is 1. The van der Waals surface area contributed by atoms with E-state index in [9.17, 15) is 8.42 Å². The average Bonchev–Trinajstić information content (AvgIpc) is 3.46. The molecule has 0 atom stereocenters. The van der Waals surface area contributed by atoms with E-state index < -0.39 is 10.0 Å². The van der Waals surface area contributed by atoms with Crippen molar-refractivity contribution in [2.24, 2.45) is 0 Å². The molecule has 5 aromatic carbocycles. The number of aromatic nitrogens is 2. The third-order valence-electron chi connectivity index (χ3n) is 6.51. The maximum Gasteiger partial charge on any atom is 0.268 e. The monoisotopic (exact) mass is 488 g/mol. The molecule has 7 rings (SSSR count). The van der Waals surface area contributed by atoms with Crippen LogP contribution in [0.5, 0.6) is 0 Å². The number of aromatic amines is 1. The summed E-state index contributed by atoms with van der Waals surface area (Å²) in [6, 6.07) is 38.9. The van der Waals surface area contributed by atoms with Gasteiger partial charge in [0.1, 0.15) is 0 Å². The van der Waals surface area contributed by atoms with Crippen molar-refractivity contribution in [3.05, 3.63) is 127 Å². The summed E-state index contributed by atoms with van der Waals surface area (Å²) in [6.07, 6.45) is 0. The number of H-pyrrole nitrogens is 1. The molecule has 0 aliphatic heterocycles. The minimum Gasteiger partial charge on any atom is -0.355 e. The van der Waals surface area contributed by atoms with Crippen LogP contribution in [0.25, 0.3) is 43.6 Å². The van der Waals surface area contributed by atoms with Crippen LogP contribution in [0.4, 0.5) is 0 Å². The van der Waals surface area contributed by atoms with E-state index in [1.807, 2.05) is 67.6 Å². The number of benzene rings is 5. The van der Waals surface area contributed by atoms with Gasteiger partial charge in [-0.25, -0.2) is 12.4 Å². The molecule has 1 N–H and O–H groups in total. The normalized spacial score (nSPS) is 11.7. The fraction of sp³-hybridized carbons (Fsp3) is 0.0323. The molecule has 0 saturated carbocycles. The molecule has 176 valence electrons. The van der Waals surface area contributed by atoms with Crippen molar-refractivity contribution in [1.29, 1.82) is 0 Å². The van der Waals surface area contributed by atoms with Gasteiger partial charge in [0.25, 0.3) is 10.0 Å². The van der Waals surface area contributed by atoms with Crippen LogP contribution < -0.4 is 0 Å². The van der Waals surface area contributed by atoms with Crippen LogP contribution in [0.15, 0.2) is 126 Å². The molecule has 0 fully saturated rings. The Kier molecular flexibility index (Phi) is 5.35. The Morgan fingerprint density at radius 3 is 1.44 bits per heavy atom. The molecule has 0 bridgehead atoms. The summed E-state index contributed by atoms with van der Waals surface area (Å²) in [5.41, 5.74) is 4.86. The lowest BCUT2D eigenvalue weighted by Crippen LogP contribution is -2.12. The molecule has 2 aromatic heterocycles. The molecular formula is C31H24N2O2S. The highest BCUT2D eigenvalue weighted by molar-refractivity contribution is 7.90. The molecule has 2 heterocycles. The summed E-state index contributed by atoms with van der Waals surface area (Å²) < 4.78 is 27.8. The van der Waals surface area contributed by atoms with Crippen molar-refractivity contribution in [3.8, 4) is 0 Å². The van der Waals surface area contributed by atoms with Gasteiger partial charge in [-0.15, -0.1) is 0 Å². The van der Waals surface area contributed by atoms with Gasteiger partial charge in [-0.05, 0) is 43.3 Å². The first-order valence-corrected chi connectivity index (χ1v) is 13.2. The number of fused-ring (bicyclic) bond motifs is 6. The Hall–Kier alpha value is -4.35. The molecule has 4 nitrogen and oxygen atoms in total. The van der Waals surface area contributed by atoms with Crippen LogP contribution in [-0.2, 0) is 10.0 Å². The van der Waals surface area contributed by atoms with E-state index in [1.165, 1.54) is 25.8 Å². The van der Waals surface area contributed by atoms with Gasteiger partial charge in [0.2, 0.25) is 0 Å². The zero-order chi connectivity index (χ0) is 24.7. The Labute approximate surface area is 209 Å². The van der Waals surface area contributed by atoms with E-state index in [4.69, 9.17) is 0 Å². The molecule has 0 saturated heterocycles. The highest BCUT2D eigenvalue weighted by atomic mass is 32.2. The van der Waals surface area contributed by atoms with E-state index in [0.717, 1.165) is 16.3 Å². The van der Waals surface area contributed by atoms with Crippen molar-refractivity contribution in [2.75, 3.05) is 0 Å². The van der Waals surface area contributed by atoms with Crippen molar-refractivity contribution in [1.82, 2.24) is 8.96 Å². The molecule has 0 aliphatic carbocycles. The predicted molar refractivity (Wildman–Crippen MR) is 149 cm³/mol. The lowest BCUT2D eigenvalue weighted by molar-refractivity contribution is 0.590. The highest BCUT2D eigenvalue weighted by Gasteiger charge is 2.22. The van der Waals surface area contributed by atoms with Crippen LogP contribution in [0, 0.1) is 6.92 Å². The summed E-state index contributed by atoms with van der Waals surface area (Å²) in [7, 11) is -3.65. The largest absolute Gasteiger partial charge is 0.355 e. The van der Waals surface area contributed by atoms with Crippen LogP contribution in [0.3, 0.4) is 0 Å². The van der Waals surface area contributed by atoms with E-state index in [0.29, 0.717) is 15.9 Å². The average molecular weight is 489 g/mol. The van der Waals surface area contributed by atoms with Gasteiger partial charge in [-0.2, -0.15) is 0 Å². The van der Waals surface area contributed by atoms with Gasteiger partial charge < -0.3 is 4.98 Å². The first kappa shape index (κ1) is 22.1. The molecule has 0 radical (unpaired) electrons. The molecule has 36 heavy (non-hydrogen) atoms. The SMILES string of the molecule is Cc1ccc(S(=O)(=O)n2c3ccccc3c3ccccc32)cc1.c1ccc2c(c1)[nH]c1ccccc12. The molecule has 0 spiro atoms. The van der Waals surface area contributed by atoms with Crippen LogP contribution >= 0.6 is 0 Å². The molecule has 0 unspecified atom stereocenters. The topological polar surface area (TPSA) is 54.9 Å². The summed E-state index contributed by atoms with van der Waals surface area (Å²) in [6.45, 7) is 1.94. The third kappa shape index (κ3) is 3.65. The lowest BCUT2D eigenvalue weighted by atomic mass is 10.2. The van der Waals surface area contributed by atoms with Gasteiger partial charge in [0.15, 0.2) is 0 Å². The zero-order valence-corrected chi connectivity index (χ0v) is 20.5. The number of nitrogens with one attached hydrogen (secondary N) is 1. The molecule has 0 aliphatic rings. The smallest absolute Gasteiger partial charge is 0.268 e. The van der Waals surface area contributed by atoms with Crippen LogP contribution in [-0.4, -0.2) is 17.4 Å². The number of aryl methyl sites for hydroxylation is 1. The standard InChI is InChI=1S/C19H15NO2S.C12H9N/c1-14-10-12-15(13-11-14)23(21,22)20-18-8-4-2-6-16(18)17-7-3-5-9-19(17)20;1-3-7-11-9(5-1)10-6-2-4-8-12(10)13-11/h2-13H,1H3;1-8,13H. The van der Waals surface area contributed by atoms with Crippen LogP contribution in [0.1, 0.15) is 5.56 Å². The van der Waals surface area contributed by atoms with Gasteiger partial charge in [-0.1, -0.05) is 90.5 Å². The van der Waals surface area contributed by atoms with Gasteiger partial charge in [-0.3, -0.25) is 0 Å². The van der Waals surface area contributed by atoms with Crippen molar-refractivity contribution in [3.63, 3.8) is 0 Å². The molecule has 5 heteroatoms. The van der Waals surface area contributed by atoms with Gasteiger partial charge >= 0.3 is 0 Å². The van der Waals surface area contributed by atoms with Crippen molar-refractivity contribution in [2.45, 2.75) is 11.8 Å². The Morgan fingerprint density at radius 1 is 0.528 bits per heavy atom. The fourth-order valence-corrected chi connectivity index (χ4v) is 6.29. The number of hydrogen-bond acceptors (Lipinski definition) is 2. The summed E-state index contributed by atoms with van der Waals surface area (Å²) >= 11 is 0. The lowest BCUT2D eigenvalue weighted by Gasteiger charge is -2.09. The summed E-state index contributed by atoms with van der Waals surface area (Å²) in [5, 5.41) is 4.49. The number of nitrogens with zero attached hydrogens (tertiary/aromatic N) is 1. The predicted octanol–water partition coefficient (Wildman–Crippen LogP) is 7.66. The molecule has 7 aromatic rings. The number of rotatable bonds is 2. The highest BCUT2D eigenvalue weighted by Crippen LogP contribution is 2.32. The van der Waals surface area contributed by atoms with Crippen LogP contribution in [0.2, 0.25) is 0 Å². The van der Waals surface area contributed by atoms with E-state index in [1.54, 1.807) is 12.1 Å². The Bertz CT molecular complexity index is 1860. The minimum atomic E-state index is -3.65. The number of para-hydroxylation sites is 4. The molecular weight excluding hydrogens is 464 g/mol. The first-order chi connectivity index (χ1) is 17.5. The summed E-state index contributed by atoms with van der Waals surface area (Å²) in [5.74, 6) is 0. The second kappa shape index (κ2) is 8.70. The van der Waals surface area contributed by atoms with Crippen molar-refractivity contribution >= 4 is 53.6 Å². The Balaban J connectivity index is 0.000000155. The third-order valence-corrected chi connectivity index (χ3v) is 8.25. The fourth-order valence-electron chi connectivity index (χ4n) is 4.76.